The van der Waals surface area contributed by atoms with Crippen LogP contribution in [0.2, 0.25) is 5.02 Å². The second kappa shape index (κ2) is 11.4. The van der Waals surface area contributed by atoms with E-state index >= 15 is 0 Å². The number of rotatable bonds is 5. The highest BCUT2D eigenvalue weighted by Gasteiger charge is 2.31. The van der Waals surface area contributed by atoms with Gasteiger partial charge in [0.15, 0.2) is 0 Å². The zero-order valence-electron chi connectivity index (χ0n) is 30.2. The Bertz CT molecular complexity index is 1880. The smallest absolute Gasteiger partial charge is 0.147 e. The fourth-order valence-corrected chi connectivity index (χ4v) is 7.50. The predicted molar refractivity (Wildman–Crippen MR) is 199 cm³/mol. The van der Waals surface area contributed by atoms with E-state index in [0.717, 1.165) is 39.8 Å². The van der Waals surface area contributed by atoms with Crippen LogP contribution in [0, 0.1) is 12.3 Å². The summed E-state index contributed by atoms with van der Waals surface area (Å²) >= 11 is 6.65. The molecule has 1 N–H and O–H groups in total. The van der Waals surface area contributed by atoms with Gasteiger partial charge in [-0.3, -0.25) is 0 Å². The normalized spacial score (nSPS) is 13.2. The highest BCUT2D eigenvalue weighted by atomic mass is 35.5. The molecule has 0 bridgehead atoms. The molecule has 1 aromatic heterocycles. The fourth-order valence-electron chi connectivity index (χ4n) is 7.23. The minimum absolute atomic E-state index is 0.00253. The van der Waals surface area contributed by atoms with Crippen molar-refractivity contribution in [2.45, 2.75) is 106 Å². The Kier molecular flexibility index (Phi) is 8.38. The molecule has 0 amide bonds. The number of hydrogen-bond donors (Lipinski definition) is 1. The SMILES string of the molecule is COc1c(C)cc(Cl)cc1-c1cc(C(C)(C)CC(C)(C)C)cc(-n2c3ccc(C(C)(C)C)cc3c3cc(C(C)(C)C)ccc32)c1O. The van der Waals surface area contributed by atoms with Gasteiger partial charge in [0.1, 0.15) is 11.5 Å². The lowest BCUT2D eigenvalue weighted by molar-refractivity contribution is 0.284. The number of ether oxygens (including phenoxy) is 1. The van der Waals surface area contributed by atoms with Crippen molar-refractivity contribution >= 4 is 33.4 Å². The van der Waals surface area contributed by atoms with Gasteiger partial charge in [-0.05, 0) is 106 Å². The summed E-state index contributed by atoms with van der Waals surface area (Å²) in [5.41, 5.74) is 8.92. The standard InChI is InChI=1S/C42H52ClNO2/c1-25-18-29(43)23-33(38(25)46-13)32-21-28(42(11,12)24-39(2,3)4)22-36(37(32)45)44-34-16-14-26(40(5,6)7)19-30(34)31-20-27(41(8,9)10)15-17-35(31)44/h14-23,45H,24H2,1-13H3. The largest absolute Gasteiger partial charge is 0.505 e. The van der Waals surface area contributed by atoms with Crippen molar-refractivity contribution in [3.63, 3.8) is 0 Å². The molecule has 46 heavy (non-hydrogen) atoms. The lowest BCUT2D eigenvalue weighted by Crippen LogP contribution is -2.25. The minimum Gasteiger partial charge on any atom is -0.505 e. The van der Waals surface area contributed by atoms with Gasteiger partial charge in [0.2, 0.25) is 0 Å². The van der Waals surface area contributed by atoms with Crippen LogP contribution in [0.15, 0.2) is 60.7 Å². The van der Waals surface area contributed by atoms with Gasteiger partial charge >= 0.3 is 0 Å². The third kappa shape index (κ3) is 6.28. The van der Waals surface area contributed by atoms with Crippen molar-refractivity contribution in [2.75, 3.05) is 7.11 Å². The van der Waals surface area contributed by atoms with Crippen molar-refractivity contribution < 1.29 is 9.84 Å². The highest BCUT2D eigenvalue weighted by molar-refractivity contribution is 6.31. The molecule has 5 aromatic rings. The van der Waals surface area contributed by atoms with E-state index in [1.807, 2.05) is 19.1 Å². The summed E-state index contributed by atoms with van der Waals surface area (Å²) in [5.74, 6) is 0.914. The highest BCUT2D eigenvalue weighted by Crippen LogP contribution is 2.48. The van der Waals surface area contributed by atoms with Gasteiger partial charge in [0.05, 0.1) is 23.8 Å². The molecular formula is C42H52ClNO2. The van der Waals surface area contributed by atoms with E-state index in [0.29, 0.717) is 16.3 Å². The van der Waals surface area contributed by atoms with Crippen LogP contribution in [-0.4, -0.2) is 16.8 Å². The molecule has 1 heterocycles. The fraction of sp³-hybridized carbons (Fsp3) is 0.429. The van der Waals surface area contributed by atoms with E-state index in [9.17, 15) is 5.11 Å². The van der Waals surface area contributed by atoms with Crippen molar-refractivity contribution in [2.24, 2.45) is 5.41 Å². The van der Waals surface area contributed by atoms with Gasteiger partial charge in [-0.15, -0.1) is 0 Å². The number of fused-ring (bicyclic) bond motifs is 3. The predicted octanol–water partition coefficient (Wildman–Crippen LogP) is 12.4. The van der Waals surface area contributed by atoms with Crippen LogP contribution in [0.3, 0.4) is 0 Å². The molecule has 0 spiro atoms. The van der Waals surface area contributed by atoms with Crippen LogP contribution >= 0.6 is 11.6 Å². The Hall–Kier alpha value is -3.43. The lowest BCUT2D eigenvalue weighted by atomic mass is 9.71. The first-order chi connectivity index (χ1) is 21.1. The van der Waals surface area contributed by atoms with Gasteiger partial charge in [0.25, 0.3) is 0 Å². The van der Waals surface area contributed by atoms with Crippen LogP contribution in [-0.2, 0) is 16.2 Å². The zero-order chi connectivity index (χ0) is 34.1. The van der Waals surface area contributed by atoms with Crippen molar-refractivity contribution in [1.29, 1.82) is 0 Å². The Balaban J connectivity index is 1.96. The van der Waals surface area contributed by atoms with E-state index in [1.54, 1.807) is 7.11 Å². The molecule has 0 saturated carbocycles. The molecule has 244 valence electrons. The first-order valence-corrected chi connectivity index (χ1v) is 16.8. The second-order valence-corrected chi connectivity index (χ2v) is 17.6. The summed E-state index contributed by atoms with van der Waals surface area (Å²) in [6.45, 7) is 27.0. The summed E-state index contributed by atoms with van der Waals surface area (Å²) < 4.78 is 8.18. The zero-order valence-corrected chi connectivity index (χ0v) is 30.9. The number of halogens is 1. The van der Waals surface area contributed by atoms with Crippen molar-refractivity contribution in [3.8, 4) is 28.3 Å². The summed E-state index contributed by atoms with van der Waals surface area (Å²) in [6.07, 6.45) is 0.965. The van der Waals surface area contributed by atoms with Gasteiger partial charge in [-0.25, -0.2) is 0 Å². The van der Waals surface area contributed by atoms with Crippen LogP contribution in [0.5, 0.6) is 11.5 Å². The number of phenolic OH excluding ortho intramolecular Hbond substituents is 1. The topological polar surface area (TPSA) is 34.4 Å². The molecule has 0 aliphatic heterocycles. The van der Waals surface area contributed by atoms with E-state index in [1.165, 1.54) is 21.9 Å². The molecule has 0 saturated heterocycles. The molecule has 0 atom stereocenters. The average Bonchev–Trinajstić information content (AvgIpc) is 3.23. The summed E-state index contributed by atoms with van der Waals surface area (Å²) in [7, 11) is 1.68. The van der Waals surface area contributed by atoms with Crippen molar-refractivity contribution in [1.82, 2.24) is 4.57 Å². The molecule has 0 fully saturated rings. The summed E-state index contributed by atoms with van der Waals surface area (Å²) in [4.78, 5) is 0. The second-order valence-electron chi connectivity index (χ2n) is 17.1. The van der Waals surface area contributed by atoms with Crippen LogP contribution in [0.25, 0.3) is 38.6 Å². The van der Waals surface area contributed by atoms with E-state index in [4.69, 9.17) is 16.3 Å². The molecular weight excluding hydrogens is 586 g/mol. The monoisotopic (exact) mass is 637 g/mol. The number of methoxy groups -OCH3 is 1. The molecule has 0 radical (unpaired) electrons. The molecule has 4 heteroatoms. The number of phenols is 1. The average molecular weight is 638 g/mol. The Labute approximate surface area is 281 Å². The maximum Gasteiger partial charge on any atom is 0.147 e. The van der Waals surface area contributed by atoms with Gasteiger partial charge in [-0.1, -0.05) is 99.9 Å². The quantitative estimate of drug-likeness (QED) is 0.208. The van der Waals surface area contributed by atoms with Gasteiger partial charge in [-0.2, -0.15) is 0 Å². The lowest BCUT2D eigenvalue weighted by Gasteiger charge is -2.34. The minimum atomic E-state index is -0.187. The molecule has 0 unspecified atom stereocenters. The van der Waals surface area contributed by atoms with Gasteiger partial charge < -0.3 is 14.4 Å². The maximum atomic E-state index is 12.4. The number of hydrogen-bond acceptors (Lipinski definition) is 2. The number of aromatic hydroxyl groups is 1. The third-order valence-corrected chi connectivity index (χ3v) is 9.53. The van der Waals surface area contributed by atoms with E-state index < -0.39 is 0 Å². The van der Waals surface area contributed by atoms with Crippen LogP contribution in [0.1, 0.15) is 105 Å². The first kappa shape index (κ1) is 33.9. The molecule has 4 aromatic carbocycles. The molecule has 3 nitrogen and oxygen atoms in total. The Morgan fingerprint density at radius 2 is 1.20 bits per heavy atom. The molecule has 5 rings (SSSR count). The Morgan fingerprint density at radius 1 is 0.674 bits per heavy atom. The van der Waals surface area contributed by atoms with E-state index in [2.05, 4.69) is 129 Å². The number of benzene rings is 4. The third-order valence-electron chi connectivity index (χ3n) is 9.32. The number of aromatic nitrogens is 1. The summed E-state index contributed by atoms with van der Waals surface area (Å²) in [6, 6.07) is 21.8. The molecule has 0 aliphatic carbocycles. The summed E-state index contributed by atoms with van der Waals surface area (Å²) in [5, 5.41) is 15.4. The van der Waals surface area contributed by atoms with Gasteiger partial charge in [0, 0.05) is 26.9 Å². The first-order valence-electron chi connectivity index (χ1n) is 16.4. The Morgan fingerprint density at radius 3 is 1.65 bits per heavy atom. The number of nitrogens with zero attached hydrogens (tertiary/aromatic N) is 1. The maximum absolute atomic E-state index is 12.4. The molecule has 0 aliphatic rings. The van der Waals surface area contributed by atoms with Crippen molar-refractivity contribution in [3.05, 3.63) is 87.9 Å². The van der Waals surface area contributed by atoms with E-state index in [-0.39, 0.29) is 27.4 Å². The van der Waals surface area contributed by atoms with Crippen LogP contribution in [0.4, 0.5) is 0 Å². The van der Waals surface area contributed by atoms with Crippen LogP contribution < -0.4 is 4.74 Å². The number of aryl methyl sites for hydroxylation is 1.